The molecule has 1 N–H and O–H groups in total. The van der Waals surface area contributed by atoms with Gasteiger partial charge in [0.1, 0.15) is 0 Å². The molecular formula is C20H27N7OS. The third kappa shape index (κ3) is 4.68. The van der Waals surface area contributed by atoms with Crippen molar-refractivity contribution < 1.29 is 5.11 Å². The van der Waals surface area contributed by atoms with Gasteiger partial charge in [-0.1, -0.05) is 54.2 Å². The van der Waals surface area contributed by atoms with E-state index in [1.807, 2.05) is 0 Å². The zero-order valence-corrected chi connectivity index (χ0v) is 17.6. The SMILES string of the molecule is CCCSc1nc(N2CCN(Cc3ccccc3)CC2)c2nnn(CCO)c2n1. The molecule has 0 unspecified atom stereocenters. The molecule has 0 amide bonds. The molecule has 1 saturated heterocycles. The number of rotatable bonds is 8. The Bertz CT molecular complexity index is 925. The molecule has 3 heterocycles. The summed E-state index contributed by atoms with van der Waals surface area (Å²) in [5, 5.41) is 18.6. The van der Waals surface area contributed by atoms with Crippen LogP contribution in [0.15, 0.2) is 35.5 Å². The van der Waals surface area contributed by atoms with E-state index in [9.17, 15) is 5.11 Å². The second-order valence-corrected chi connectivity index (χ2v) is 8.20. The molecule has 1 aromatic carbocycles. The number of nitrogens with zero attached hydrogens (tertiary/aromatic N) is 7. The summed E-state index contributed by atoms with van der Waals surface area (Å²) in [5.41, 5.74) is 2.76. The number of hydrogen-bond donors (Lipinski definition) is 1. The number of anilines is 1. The Morgan fingerprint density at radius 2 is 1.86 bits per heavy atom. The molecule has 154 valence electrons. The van der Waals surface area contributed by atoms with Gasteiger partial charge in [0.15, 0.2) is 22.1 Å². The largest absolute Gasteiger partial charge is 0.394 e. The van der Waals surface area contributed by atoms with Crippen molar-refractivity contribution in [3.63, 3.8) is 0 Å². The van der Waals surface area contributed by atoms with Crippen LogP contribution in [-0.4, -0.2) is 73.5 Å². The summed E-state index contributed by atoms with van der Waals surface area (Å²) < 4.78 is 1.67. The lowest BCUT2D eigenvalue weighted by atomic mass is 10.2. The van der Waals surface area contributed by atoms with Crippen LogP contribution in [0.2, 0.25) is 0 Å². The minimum absolute atomic E-state index is 0.00733. The highest BCUT2D eigenvalue weighted by Gasteiger charge is 2.23. The number of piperazine rings is 1. The van der Waals surface area contributed by atoms with Gasteiger partial charge in [-0.25, -0.2) is 14.6 Å². The van der Waals surface area contributed by atoms with E-state index in [4.69, 9.17) is 4.98 Å². The maximum Gasteiger partial charge on any atom is 0.191 e. The Morgan fingerprint density at radius 1 is 1.07 bits per heavy atom. The first-order valence-corrected chi connectivity index (χ1v) is 11.1. The molecule has 4 rings (SSSR count). The van der Waals surface area contributed by atoms with Gasteiger partial charge >= 0.3 is 0 Å². The molecule has 2 aromatic heterocycles. The standard InChI is InChI=1S/C20H27N7OS/c1-2-14-29-20-21-18(17-19(22-20)27(12-13-28)24-23-17)26-10-8-25(9-11-26)15-16-6-4-3-5-7-16/h3-7,28H,2,8-15H2,1H3. The summed E-state index contributed by atoms with van der Waals surface area (Å²) in [4.78, 5) is 14.2. The highest BCUT2D eigenvalue weighted by atomic mass is 32.2. The van der Waals surface area contributed by atoms with Crippen LogP contribution in [0.3, 0.4) is 0 Å². The normalized spacial score (nSPS) is 15.3. The predicted octanol–water partition coefficient (Wildman–Crippen LogP) is 2.04. The van der Waals surface area contributed by atoms with Gasteiger partial charge in [-0.05, 0) is 12.0 Å². The third-order valence-electron chi connectivity index (χ3n) is 4.99. The number of aliphatic hydroxyl groups excluding tert-OH is 1. The second kappa shape index (κ2) is 9.51. The Hall–Kier alpha value is -2.23. The average molecular weight is 414 g/mol. The fourth-order valence-electron chi connectivity index (χ4n) is 3.51. The van der Waals surface area contributed by atoms with Crippen molar-refractivity contribution in [1.29, 1.82) is 0 Å². The summed E-state index contributed by atoms with van der Waals surface area (Å²) >= 11 is 1.66. The monoisotopic (exact) mass is 413 g/mol. The van der Waals surface area contributed by atoms with E-state index in [0.29, 0.717) is 12.2 Å². The molecule has 29 heavy (non-hydrogen) atoms. The minimum atomic E-state index is 0.00733. The maximum absolute atomic E-state index is 9.32. The highest BCUT2D eigenvalue weighted by Crippen LogP contribution is 2.27. The van der Waals surface area contributed by atoms with Crippen LogP contribution >= 0.6 is 11.8 Å². The summed E-state index contributed by atoms with van der Waals surface area (Å²) in [6.45, 7) is 7.25. The molecule has 0 spiro atoms. The summed E-state index contributed by atoms with van der Waals surface area (Å²) in [7, 11) is 0. The lowest BCUT2D eigenvalue weighted by Gasteiger charge is -2.35. The number of thioether (sulfide) groups is 1. The second-order valence-electron chi connectivity index (χ2n) is 7.14. The average Bonchev–Trinajstić information content (AvgIpc) is 3.16. The summed E-state index contributed by atoms with van der Waals surface area (Å²) in [5.74, 6) is 1.83. The predicted molar refractivity (Wildman–Crippen MR) is 115 cm³/mol. The van der Waals surface area contributed by atoms with E-state index in [2.05, 4.69) is 62.4 Å². The van der Waals surface area contributed by atoms with Crippen LogP contribution in [0.25, 0.3) is 11.2 Å². The van der Waals surface area contributed by atoms with Crippen molar-refractivity contribution in [2.45, 2.75) is 31.6 Å². The smallest absolute Gasteiger partial charge is 0.191 e. The topological polar surface area (TPSA) is 83.2 Å². The first-order valence-electron chi connectivity index (χ1n) is 10.1. The first-order chi connectivity index (χ1) is 14.3. The van der Waals surface area contributed by atoms with Gasteiger partial charge in [-0.2, -0.15) is 0 Å². The highest BCUT2D eigenvalue weighted by molar-refractivity contribution is 7.99. The van der Waals surface area contributed by atoms with Crippen molar-refractivity contribution in [3.05, 3.63) is 35.9 Å². The van der Waals surface area contributed by atoms with Crippen molar-refractivity contribution in [3.8, 4) is 0 Å². The van der Waals surface area contributed by atoms with Crippen LogP contribution in [0.4, 0.5) is 5.82 Å². The van der Waals surface area contributed by atoms with Crippen LogP contribution in [0.5, 0.6) is 0 Å². The Balaban J connectivity index is 1.53. The number of aliphatic hydroxyl groups is 1. The van der Waals surface area contributed by atoms with E-state index in [-0.39, 0.29) is 6.61 Å². The molecule has 1 fully saturated rings. The molecule has 3 aromatic rings. The summed E-state index contributed by atoms with van der Waals surface area (Å²) in [6.07, 6.45) is 1.06. The molecule has 8 nitrogen and oxygen atoms in total. The van der Waals surface area contributed by atoms with Crippen LogP contribution < -0.4 is 4.90 Å². The zero-order valence-electron chi connectivity index (χ0n) is 16.7. The Morgan fingerprint density at radius 3 is 2.59 bits per heavy atom. The van der Waals surface area contributed by atoms with Crippen molar-refractivity contribution in [1.82, 2.24) is 29.9 Å². The van der Waals surface area contributed by atoms with Crippen molar-refractivity contribution in [2.75, 3.05) is 43.4 Å². The van der Waals surface area contributed by atoms with Gasteiger partial charge in [-0.3, -0.25) is 4.90 Å². The fourth-order valence-corrected chi connectivity index (χ4v) is 4.19. The number of benzene rings is 1. The third-order valence-corrected chi connectivity index (χ3v) is 6.04. The lowest BCUT2D eigenvalue weighted by molar-refractivity contribution is 0.249. The van der Waals surface area contributed by atoms with Gasteiger partial charge < -0.3 is 10.0 Å². The van der Waals surface area contributed by atoms with Crippen molar-refractivity contribution >= 4 is 28.7 Å². The molecule has 0 radical (unpaired) electrons. The molecule has 1 aliphatic rings. The van der Waals surface area contributed by atoms with E-state index >= 15 is 0 Å². The van der Waals surface area contributed by atoms with Crippen LogP contribution in [0.1, 0.15) is 18.9 Å². The minimum Gasteiger partial charge on any atom is -0.394 e. The quantitative estimate of drug-likeness (QED) is 0.444. The maximum atomic E-state index is 9.32. The van der Waals surface area contributed by atoms with Gasteiger partial charge in [0, 0.05) is 38.5 Å². The fraction of sp³-hybridized carbons (Fsp3) is 0.500. The molecular weight excluding hydrogens is 386 g/mol. The first kappa shape index (κ1) is 20.1. The number of hydrogen-bond acceptors (Lipinski definition) is 8. The zero-order chi connectivity index (χ0) is 20.1. The van der Waals surface area contributed by atoms with Gasteiger partial charge in [0.2, 0.25) is 0 Å². The Labute approximate surface area is 174 Å². The molecule has 9 heteroatoms. The van der Waals surface area contributed by atoms with Crippen LogP contribution in [-0.2, 0) is 13.1 Å². The van der Waals surface area contributed by atoms with E-state index in [0.717, 1.165) is 61.4 Å². The Kier molecular flexibility index (Phi) is 6.58. The molecule has 1 aliphatic heterocycles. The van der Waals surface area contributed by atoms with Gasteiger partial charge in [0.25, 0.3) is 0 Å². The van der Waals surface area contributed by atoms with Gasteiger partial charge in [-0.15, -0.1) is 5.10 Å². The summed E-state index contributed by atoms with van der Waals surface area (Å²) in [6, 6.07) is 10.6. The molecule has 0 atom stereocenters. The molecule has 0 bridgehead atoms. The van der Waals surface area contributed by atoms with Gasteiger partial charge in [0.05, 0.1) is 13.2 Å². The number of aromatic nitrogens is 5. The van der Waals surface area contributed by atoms with Crippen LogP contribution in [0, 0.1) is 0 Å². The van der Waals surface area contributed by atoms with E-state index < -0.39 is 0 Å². The number of fused-ring (bicyclic) bond motifs is 1. The molecule has 0 saturated carbocycles. The van der Waals surface area contributed by atoms with E-state index in [1.54, 1.807) is 16.4 Å². The molecule has 0 aliphatic carbocycles. The van der Waals surface area contributed by atoms with E-state index in [1.165, 1.54) is 5.56 Å². The lowest BCUT2D eigenvalue weighted by Crippen LogP contribution is -2.46. The van der Waals surface area contributed by atoms with Crippen molar-refractivity contribution in [2.24, 2.45) is 0 Å².